The van der Waals surface area contributed by atoms with Crippen molar-refractivity contribution in [3.63, 3.8) is 0 Å². The van der Waals surface area contributed by atoms with Crippen molar-refractivity contribution in [3.8, 4) is 0 Å². The summed E-state index contributed by atoms with van der Waals surface area (Å²) in [5, 5.41) is 3.05. The highest BCUT2D eigenvalue weighted by Crippen LogP contribution is 2.13. The van der Waals surface area contributed by atoms with Gasteiger partial charge in [-0.1, -0.05) is 6.07 Å². The number of rotatable bonds is 4. The van der Waals surface area contributed by atoms with Gasteiger partial charge in [-0.25, -0.2) is 9.78 Å². The molecule has 0 atom stereocenters. The Morgan fingerprint density at radius 3 is 2.80 bits per heavy atom. The van der Waals surface area contributed by atoms with Gasteiger partial charge in [-0.15, -0.1) is 0 Å². The van der Waals surface area contributed by atoms with Crippen LogP contribution in [0.1, 0.15) is 31.0 Å². The van der Waals surface area contributed by atoms with Crippen LogP contribution < -0.4 is 5.32 Å². The molecule has 2 aromatic rings. The van der Waals surface area contributed by atoms with Gasteiger partial charge in [0.1, 0.15) is 5.65 Å². The van der Waals surface area contributed by atoms with Crippen molar-refractivity contribution in [2.75, 3.05) is 19.7 Å². The quantitative estimate of drug-likeness (QED) is 0.919. The van der Waals surface area contributed by atoms with Crippen LogP contribution in [0, 0.1) is 6.92 Å². The zero-order valence-electron chi connectivity index (χ0n) is 14.7. The van der Waals surface area contributed by atoms with Gasteiger partial charge in [0, 0.05) is 31.5 Å². The number of piperidine rings is 1. The average Bonchev–Trinajstić information content (AvgIpc) is 2.99. The summed E-state index contributed by atoms with van der Waals surface area (Å²) in [6.07, 6.45) is 5.31. The molecule has 7 heteroatoms. The maximum atomic E-state index is 12.3. The number of hydrogen-bond acceptors (Lipinski definition) is 4. The fourth-order valence-corrected chi connectivity index (χ4v) is 3.15. The van der Waals surface area contributed by atoms with E-state index < -0.39 is 0 Å². The average molecular weight is 344 g/mol. The SMILES string of the molecule is CCOC(=O)N1CCC(NC(=O)Cc2cn3cccc(C)c3n2)CC1. The number of carbonyl (C=O) groups is 2. The third kappa shape index (κ3) is 4.10. The van der Waals surface area contributed by atoms with Crippen LogP contribution >= 0.6 is 0 Å². The maximum absolute atomic E-state index is 12.3. The number of nitrogens with zero attached hydrogens (tertiary/aromatic N) is 3. The van der Waals surface area contributed by atoms with Crippen LogP contribution in [0.5, 0.6) is 0 Å². The smallest absolute Gasteiger partial charge is 0.409 e. The summed E-state index contributed by atoms with van der Waals surface area (Å²) in [7, 11) is 0. The molecule has 1 saturated heterocycles. The summed E-state index contributed by atoms with van der Waals surface area (Å²) < 4.78 is 6.94. The Kier molecular flexibility index (Phi) is 5.21. The third-order valence-electron chi connectivity index (χ3n) is 4.46. The van der Waals surface area contributed by atoms with Gasteiger partial charge in [0.2, 0.25) is 5.91 Å². The lowest BCUT2D eigenvalue weighted by Crippen LogP contribution is -2.47. The highest BCUT2D eigenvalue weighted by molar-refractivity contribution is 5.78. The zero-order valence-corrected chi connectivity index (χ0v) is 14.7. The minimum absolute atomic E-state index is 0.0318. The molecule has 0 saturated carbocycles. The van der Waals surface area contributed by atoms with E-state index in [9.17, 15) is 9.59 Å². The van der Waals surface area contributed by atoms with Gasteiger partial charge in [-0.3, -0.25) is 4.79 Å². The lowest BCUT2D eigenvalue weighted by Gasteiger charge is -2.31. The molecule has 7 nitrogen and oxygen atoms in total. The van der Waals surface area contributed by atoms with Gasteiger partial charge in [0.05, 0.1) is 18.7 Å². The van der Waals surface area contributed by atoms with Crippen LogP contribution in [0.15, 0.2) is 24.5 Å². The summed E-state index contributed by atoms with van der Waals surface area (Å²) in [5.74, 6) is -0.0318. The Hall–Kier alpha value is -2.57. The number of imidazole rings is 1. The summed E-state index contributed by atoms with van der Waals surface area (Å²) in [5.41, 5.74) is 2.73. The molecule has 0 bridgehead atoms. The lowest BCUT2D eigenvalue weighted by atomic mass is 10.1. The number of pyridine rings is 1. The standard InChI is InChI=1S/C18H24N4O3/c1-3-25-18(24)21-9-6-14(7-10-21)19-16(23)11-15-12-22-8-4-5-13(2)17(22)20-15/h4-5,8,12,14H,3,6-7,9-11H2,1-2H3,(H,19,23). The van der Waals surface area contributed by atoms with Crippen LogP contribution in [0.2, 0.25) is 0 Å². The first kappa shape index (κ1) is 17.3. The molecule has 25 heavy (non-hydrogen) atoms. The molecule has 1 aliphatic rings. The van der Waals surface area contributed by atoms with E-state index in [1.165, 1.54) is 0 Å². The van der Waals surface area contributed by atoms with Crippen LogP contribution in [-0.2, 0) is 16.0 Å². The monoisotopic (exact) mass is 344 g/mol. The van der Waals surface area contributed by atoms with E-state index in [1.54, 1.807) is 11.8 Å². The Morgan fingerprint density at radius 2 is 2.12 bits per heavy atom. The molecule has 1 fully saturated rings. The Balaban J connectivity index is 1.51. The maximum Gasteiger partial charge on any atom is 0.409 e. The molecule has 0 unspecified atom stereocenters. The molecule has 0 aromatic carbocycles. The number of aromatic nitrogens is 2. The predicted molar refractivity (Wildman–Crippen MR) is 93.4 cm³/mol. The molecule has 0 aliphatic carbocycles. The van der Waals surface area contributed by atoms with E-state index >= 15 is 0 Å². The van der Waals surface area contributed by atoms with E-state index in [0.717, 1.165) is 29.7 Å². The van der Waals surface area contributed by atoms with Gasteiger partial charge < -0.3 is 19.4 Å². The van der Waals surface area contributed by atoms with Gasteiger partial charge in [-0.2, -0.15) is 0 Å². The topological polar surface area (TPSA) is 75.9 Å². The van der Waals surface area contributed by atoms with Gasteiger partial charge in [0.15, 0.2) is 0 Å². The fourth-order valence-electron chi connectivity index (χ4n) is 3.15. The van der Waals surface area contributed by atoms with Crippen molar-refractivity contribution >= 4 is 17.6 Å². The van der Waals surface area contributed by atoms with Crippen LogP contribution in [0.3, 0.4) is 0 Å². The lowest BCUT2D eigenvalue weighted by molar-refractivity contribution is -0.121. The third-order valence-corrected chi connectivity index (χ3v) is 4.46. The number of nitrogens with one attached hydrogen (secondary N) is 1. The van der Waals surface area contributed by atoms with E-state index in [0.29, 0.717) is 19.7 Å². The first-order valence-corrected chi connectivity index (χ1v) is 8.71. The second-order valence-corrected chi connectivity index (χ2v) is 6.36. The van der Waals surface area contributed by atoms with Crippen molar-refractivity contribution in [1.29, 1.82) is 0 Å². The second-order valence-electron chi connectivity index (χ2n) is 6.36. The molecule has 2 aromatic heterocycles. The molecular formula is C18H24N4O3. The Bertz CT molecular complexity index is 763. The van der Waals surface area contributed by atoms with E-state index in [4.69, 9.17) is 4.74 Å². The normalized spacial score (nSPS) is 15.4. The summed E-state index contributed by atoms with van der Waals surface area (Å²) in [6, 6.07) is 4.06. The van der Waals surface area contributed by atoms with E-state index in [2.05, 4.69) is 10.3 Å². The summed E-state index contributed by atoms with van der Waals surface area (Å²) in [4.78, 5) is 30.2. The van der Waals surface area contributed by atoms with Crippen molar-refractivity contribution in [2.45, 2.75) is 39.2 Å². The van der Waals surface area contributed by atoms with Gasteiger partial charge in [0.25, 0.3) is 0 Å². The van der Waals surface area contributed by atoms with Crippen molar-refractivity contribution in [3.05, 3.63) is 35.8 Å². The van der Waals surface area contributed by atoms with Crippen LogP contribution in [0.25, 0.3) is 5.65 Å². The summed E-state index contributed by atoms with van der Waals surface area (Å²) in [6.45, 7) is 5.40. The predicted octanol–water partition coefficient (Wildman–Crippen LogP) is 1.92. The van der Waals surface area contributed by atoms with E-state index in [1.807, 2.05) is 35.9 Å². The fraction of sp³-hybridized carbons (Fsp3) is 0.500. The number of hydrogen-bond donors (Lipinski definition) is 1. The molecule has 0 spiro atoms. The van der Waals surface area contributed by atoms with Crippen molar-refractivity contribution in [2.24, 2.45) is 0 Å². The highest BCUT2D eigenvalue weighted by atomic mass is 16.6. The molecular weight excluding hydrogens is 320 g/mol. The highest BCUT2D eigenvalue weighted by Gasteiger charge is 2.24. The molecule has 3 rings (SSSR count). The summed E-state index contributed by atoms with van der Waals surface area (Å²) >= 11 is 0. The van der Waals surface area contributed by atoms with Crippen molar-refractivity contribution < 1.29 is 14.3 Å². The Labute approximate surface area is 147 Å². The number of fused-ring (bicyclic) bond motifs is 1. The number of amides is 2. The first-order valence-electron chi connectivity index (χ1n) is 8.71. The number of carbonyl (C=O) groups excluding carboxylic acids is 2. The molecule has 134 valence electrons. The Morgan fingerprint density at radius 1 is 1.36 bits per heavy atom. The number of ether oxygens (including phenoxy) is 1. The molecule has 1 aliphatic heterocycles. The van der Waals surface area contributed by atoms with Crippen molar-refractivity contribution in [1.82, 2.24) is 19.6 Å². The largest absolute Gasteiger partial charge is 0.450 e. The first-order chi connectivity index (χ1) is 12.1. The van der Waals surface area contributed by atoms with Gasteiger partial charge in [-0.05, 0) is 38.3 Å². The minimum Gasteiger partial charge on any atom is -0.450 e. The second kappa shape index (κ2) is 7.55. The van der Waals surface area contributed by atoms with E-state index in [-0.39, 0.29) is 24.5 Å². The molecule has 1 N–H and O–H groups in total. The number of likely N-dealkylation sites (tertiary alicyclic amines) is 1. The zero-order chi connectivity index (χ0) is 17.8. The number of aryl methyl sites for hydroxylation is 1. The molecule has 3 heterocycles. The van der Waals surface area contributed by atoms with Crippen LogP contribution in [0.4, 0.5) is 4.79 Å². The van der Waals surface area contributed by atoms with Gasteiger partial charge >= 0.3 is 6.09 Å². The minimum atomic E-state index is -0.271. The molecule has 0 radical (unpaired) electrons. The molecule has 2 amide bonds. The van der Waals surface area contributed by atoms with Crippen LogP contribution in [-0.4, -0.2) is 52.0 Å².